The van der Waals surface area contributed by atoms with Gasteiger partial charge in [0.15, 0.2) is 0 Å². The van der Waals surface area contributed by atoms with E-state index in [1.807, 2.05) is 19.1 Å². The third-order valence-corrected chi connectivity index (χ3v) is 3.92. The highest BCUT2D eigenvalue weighted by Crippen LogP contribution is 2.23. The third-order valence-electron chi connectivity index (χ3n) is 3.92. The van der Waals surface area contributed by atoms with Crippen LogP contribution in [-0.2, 0) is 11.2 Å². The number of oxazole rings is 1. The largest absolute Gasteiger partial charge is 0.441 e. The predicted molar refractivity (Wildman–Crippen MR) is 85.5 cm³/mol. The van der Waals surface area contributed by atoms with E-state index in [1.165, 1.54) is 5.56 Å². The van der Waals surface area contributed by atoms with E-state index in [0.717, 1.165) is 42.7 Å². The van der Waals surface area contributed by atoms with Crippen molar-refractivity contribution in [1.29, 1.82) is 0 Å². The van der Waals surface area contributed by atoms with Gasteiger partial charge in [-0.3, -0.25) is 4.79 Å². The van der Waals surface area contributed by atoms with Crippen LogP contribution in [0.2, 0.25) is 0 Å². The Balaban J connectivity index is 1.58. The summed E-state index contributed by atoms with van der Waals surface area (Å²) in [4.78, 5) is 16.3. The number of rotatable bonds is 6. The van der Waals surface area contributed by atoms with Crippen LogP contribution in [-0.4, -0.2) is 16.9 Å². The number of carbonyl (C=O) groups excluding carboxylic acids is 1. The van der Waals surface area contributed by atoms with Crippen LogP contribution >= 0.6 is 0 Å². The number of amides is 1. The zero-order valence-electron chi connectivity index (χ0n) is 13.2. The van der Waals surface area contributed by atoms with Crippen LogP contribution in [0.15, 0.2) is 28.7 Å². The molecule has 1 aliphatic carbocycles. The van der Waals surface area contributed by atoms with Gasteiger partial charge in [-0.05, 0) is 51.7 Å². The fourth-order valence-electron chi connectivity index (χ4n) is 2.51. The quantitative estimate of drug-likeness (QED) is 0.887. The Labute approximate surface area is 130 Å². The Morgan fingerprint density at radius 2 is 2.18 bits per heavy atom. The molecule has 1 saturated carbocycles. The van der Waals surface area contributed by atoms with Crippen molar-refractivity contribution in [3.63, 3.8) is 0 Å². The standard InChI is InChI=1S/C18H22N2O2/c1-12-5-3-6-14(11-12)18-20-16(13(2)22-18)7-4-8-17(21)19-15-9-10-15/h3,5-6,11,15H,4,7-10H2,1-2H3,(H,19,21). The first-order chi connectivity index (χ1) is 10.6. The van der Waals surface area contributed by atoms with E-state index in [4.69, 9.17) is 4.42 Å². The second-order valence-corrected chi connectivity index (χ2v) is 6.09. The lowest BCUT2D eigenvalue weighted by Gasteiger charge is -2.01. The van der Waals surface area contributed by atoms with E-state index in [1.54, 1.807) is 0 Å². The van der Waals surface area contributed by atoms with E-state index >= 15 is 0 Å². The summed E-state index contributed by atoms with van der Waals surface area (Å²) in [6.07, 6.45) is 4.41. The fraction of sp³-hybridized carbons (Fsp3) is 0.444. The molecule has 1 heterocycles. The molecule has 2 aromatic rings. The van der Waals surface area contributed by atoms with Crippen LogP contribution in [0.4, 0.5) is 0 Å². The molecule has 22 heavy (non-hydrogen) atoms. The number of aryl methyl sites for hydroxylation is 3. The maximum atomic E-state index is 11.7. The van der Waals surface area contributed by atoms with Gasteiger partial charge >= 0.3 is 0 Å². The molecule has 1 fully saturated rings. The molecule has 0 unspecified atom stereocenters. The number of carbonyl (C=O) groups is 1. The number of hydrogen-bond donors (Lipinski definition) is 1. The van der Waals surface area contributed by atoms with Gasteiger partial charge in [-0.15, -0.1) is 0 Å². The van der Waals surface area contributed by atoms with Gasteiger partial charge in [0, 0.05) is 18.0 Å². The Morgan fingerprint density at radius 1 is 1.36 bits per heavy atom. The molecule has 1 aromatic heterocycles. The number of benzene rings is 1. The Hall–Kier alpha value is -2.10. The van der Waals surface area contributed by atoms with E-state index in [2.05, 4.69) is 29.4 Å². The maximum Gasteiger partial charge on any atom is 0.226 e. The summed E-state index contributed by atoms with van der Waals surface area (Å²) in [6.45, 7) is 3.99. The first-order valence-electron chi connectivity index (χ1n) is 7.94. The van der Waals surface area contributed by atoms with Gasteiger partial charge < -0.3 is 9.73 Å². The lowest BCUT2D eigenvalue weighted by Crippen LogP contribution is -2.25. The zero-order valence-corrected chi connectivity index (χ0v) is 13.2. The van der Waals surface area contributed by atoms with Gasteiger partial charge in [0.2, 0.25) is 11.8 Å². The lowest BCUT2D eigenvalue weighted by molar-refractivity contribution is -0.121. The average molecular weight is 298 g/mol. The monoisotopic (exact) mass is 298 g/mol. The smallest absolute Gasteiger partial charge is 0.226 e. The van der Waals surface area contributed by atoms with Gasteiger partial charge in [0.25, 0.3) is 0 Å². The highest BCUT2D eigenvalue weighted by Gasteiger charge is 2.22. The molecular formula is C18H22N2O2. The van der Waals surface area contributed by atoms with E-state index in [0.29, 0.717) is 18.4 Å². The van der Waals surface area contributed by atoms with Crippen molar-refractivity contribution in [2.45, 2.75) is 52.0 Å². The van der Waals surface area contributed by atoms with Crippen molar-refractivity contribution in [3.05, 3.63) is 41.3 Å². The molecule has 0 radical (unpaired) electrons. The summed E-state index contributed by atoms with van der Waals surface area (Å²) >= 11 is 0. The summed E-state index contributed by atoms with van der Waals surface area (Å²) in [5, 5.41) is 3.01. The molecule has 0 atom stereocenters. The summed E-state index contributed by atoms with van der Waals surface area (Å²) < 4.78 is 5.78. The molecule has 0 spiro atoms. The van der Waals surface area contributed by atoms with Crippen molar-refractivity contribution in [2.24, 2.45) is 0 Å². The molecule has 1 aromatic carbocycles. The van der Waals surface area contributed by atoms with Crippen LogP contribution in [0.25, 0.3) is 11.5 Å². The molecule has 0 aliphatic heterocycles. The van der Waals surface area contributed by atoms with E-state index < -0.39 is 0 Å². The minimum atomic E-state index is 0.155. The topological polar surface area (TPSA) is 55.1 Å². The number of nitrogens with zero attached hydrogens (tertiary/aromatic N) is 1. The second-order valence-electron chi connectivity index (χ2n) is 6.09. The van der Waals surface area contributed by atoms with Crippen LogP contribution in [0.3, 0.4) is 0 Å². The van der Waals surface area contributed by atoms with Crippen molar-refractivity contribution in [3.8, 4) is 11.5 Å². The summed E-state index contributed by atoms with van der Waals surface area (Å²) in [5.41, 5.74) is 3.14. The van der Waals surface area contributed by atoms with Crippen LogP contribution < -0.4 is 5.32 Å². The lowest BCUT2D eigenvalue weighted by atomic mass is 10.1. The number of aromatic nitrogens is 1. The van der Waals surface area contributed by atoms with Crippen molar-refractivity contribution >= 4 is 5.91 Å². The minimum absolute atomic E-state index is 0.155. The van der Waals surface area contributed by atoms with Crippen molar-refractivity contribution in [2.75, 3.05) is 0 Å². The van der Waals surface area contributed by atoms with Crippen LogP contribution in [0.1, 0.15) is 42.7 Å². The van der Waals surface area contributed by atoms with E-state index in [9.17, 15) is 4.79 Å². The summed E-state index contributed by atoms with van der Waals surface area (Å²) in [7, 11) is 0. The summed E-state index contributed by atoms with van der Waals surface area (Å²) in [5.74, 6) is 1.67. The Kier molecular flexibility index (Phi) is 4.27. The van der Waals surface area contributed by atoms with Crippen LogP contribution in [0.5, 0.6) is 0 Å². The van der Waals surface area contributed by atoms with Crippen LogP contribution in [0, 0.1) is 13.8 Å². The third kappa shape index (κ3) is 3.75. The SMILES string of the molecule is Cc1cccc(-c2nc(CCCC(=O)NC3CC3)c(C)o2)c1. The Bertz CT molecular complexity index is 671. The number of nitrogens with one attached hydrogen (secondary N) is 1. The maximum absolute atomic E-state index is 11.7. The van der Waals surface area contributed by atoms with Gasteiger partial charge in [-0.25, -0.2) is 4.98 Å². The molecule has 116 valence electrons. The molecule has 4 nitrogen and oxygen atoms in total. The van der Waals surface area contributed by atoms with Crippen molar-refractivity contribution in [1.82, 2.24) is 10.3 Å². The molecule has 1 amide bonds. The second kappa shape index (κ2) is 6.34. The average Bonchev–Trinajstić information content (AvgIpc) is 3.21. The molecular weight excluding hydrogens is 276 g/mol. The van der Waals surface area contributed by atoms with Gasteiger partial charge in [-0.2, -0.15) is 0 Å². The van der Waals surface area contributed by atoms with Gasteiger partial charge in [-0.1, -0.05) is 17.7 Å². The molecule has 4 heteroatoms. The minimum Gasteiger partial charge on any atom is -0.441 e. The first kappa shape index (κ1) is 14.8. The van der Waals surface area contributed by atoms with E-state index in [-0.39, 0.29) is 5.91 Å². The first-order valence-corrected chi connectivity index (χ1v) is 7.94. The van der Waals surface area contributed by atoms with Crippen molar-refractivity contribution < 1.29 is 9.21 Å². The highest BCUT2D eigenvalue weighted by atomic mass is 16.4. The predicted octanol–water partition coefficient (Wildman–Crippen LogP) is 3.56. The fourth-order valence-corrected chi connectivity index (χ4v) is 2.51. The molecule has 0 saturated heterocycles. The Morgan fingerprint density at radius 3 is 2.91 bits per heavy atom. The zero-order chi connectivity index (χ0) is 15.5. The molecule has 1 N–H and O–H groups in total. The van der Waals surface area contributed by atoms with Gasteiger partial charge in [0.1, 0.15) is 5.76 Å². The number of hydrogen-bond acceptors (Lipinski definition) is 3. The summed E-state index contributed by atoms with van der Waals surface area (Å²) in [6, 6.07) is 8.57. The highest BCUT2D eigenvalue weighted by molar-refractivity contribution is 5.76. The van der Waals surface area contributed by atoms with Gasteiger partial charge in [0.05, 0.1) is 5.69 Å². The molecule has 0 bridgehead atoms. The normalized spacial score (nSPS) is 14.1. The molecule has 1 aliphatic rings. The molecule has 3 rings (SSSR count).